The van der Waals surface area contributed by atoms with Crippen LogP contribution in [-0.2, 0) is 9.53 Å². The summed E-state index contributed by atoms with van der Waals surface area (Å²) >= 11 is 5.92. The lowest BCUT2D eigenvalue weighted by Crippen LogP contribution is -2.50. The molecule has 4 N–H and O–H groups in total. The van der Waals surface area contributed by atoms with Gasteiger partial charge in [-0.25, -0.2) is 14.8 Å². The third-order valence-electron chi connectivity index (χ3n) is 6.56. The zero-order valence-electron chi connectivity index (χ0n) is 18.2. The van der Waals surface area contributed by atoms with E-state index in [4.69, 9.17) is 16.3 Å². The first-order chi connectivity index (χ1) is 15.1. The fourth-order valence-corrected chi connectivity index (χ4v) is 5.00. The molecule has 7 unspecified atom stereocenters. The Morgan fingerprint density at radius 3 is 2.62 bits per heavy atom. The van der Waals surface area contributed by atoms with Crippen molar-refractivity contribution in [1.29, 1.82) is 0 Å². The number of hydrogen-bond acceptors (Lipinski definition) is 5. The molecule has 7 nitrogen and oxygen atoms in total. The van der Waals surface area contributed by atoms with Crippen LogP contribution in [-0.4, -0.2) is 61.6 Å². The first-order valence-electron chi connectivity index (χ1n) is 11.1. The number of amides is 1. The number of hydrazine groups is 1. The van der Waals surface area contributed by atoms with Gasteiger partial charge < -0.3 is 10.1 Å². The predicted octanol–water partition coefficient (Wildman–Crippen LogP) is 2.61. The highest BCUT2D eigenvalue weighted by atomic mass is 35.5. The number of fused-ring (bicyclic) bond motifs is 1. The van der Waals surface area contributed by atoms with Crippen LogP contribution in [0.4, 0.5) is 17.6 Å². The standard InChI is InChI=1S/C20H32ClF4N5O2/c1-10(9-32-2)26-19(28-18(31)11-3-6-14(21)15(22)7-11)27-17-13-5-4-12(20(23,24)25)8-16(13)29-30-17/h10-17,29-30H,3-9H2,1-2H3,(H2,26,27,28,31)/t10-,11?,12?,13?,14?,15?,16?,17?/m0/s1. The Bertz CT molecular complexity index is 683. The third-order valence-corrected chi connectivity index (χ3v) is 7.05. The number of carbonyl (C=O) groups is 1. The maximum absolute atomic E-state index is 14.0. The maximum atomic E-state index is 14.0. The largest absolute Gasteiger partial charge is 0.391 e. The molecule has 1 heterocycles. The molecular weight excluding hydrogens is 454 g/mol. The van der Waals surface area contributed by atoms with Crippen LogP contribution in [0.3, 0.4) is 0 Å². The van der Waals surface area contributed by atoms with Crippen molar-refractivity contribution in [3.05, 3.63) is 0 Å². The number of aliphatic imine (C=N–C) groups is 1. The summed E-state index contributed by atoms with van der Waals surface area (Å²) in [6.45, 7) is 2.20. The summed E-state index contributed by atoms with van der Waals surface area (Å²) in [6, 6.07) is -0.540. The molecule has 3 fully saturated rings. The molecule has 12 heteroatoms. The monoisotopic (exact) mass is 485 g/mol. The summed E-state index contributed by atoms with van der Waals surface area (Å²) in [5.41, 5.74) is 5.90. The summed E-state index contributed by atoms with van der Waals surface area (Å²) in [7, 11) is 1.55. The molecule has 0 spiro atoms. The van der Waals surface area contributed by atoms with Crippen molar-refractivity contribution < 1.29 is 27.1 Å². The van der Waals surface area contributed by atoms with Crippen LogP contribution in [0.2, 0.25) is 0 Å². The van der Waals surface area contributed by atoms with Gasteiger partial charge in [0, 0.05) is 31.0 Å². The van der Waals surface area contributed by atoms with Crippen molar-refractivity contribution in [3.8, 4) is 0 Å². The highest BCUT2D eigenvalue weighted by molar-refractivity contribution is 6.21. The first kappa shape index (κ1) is 25.5. The Labute approximate surface area is 190 Å². The topological polar surface area (TPSA) is 86.8 Å². The Morgan fingerprint density at radius 2 is 1.97 bits per heavy atom. The van der Waals surface area contributed by atoms with Gasteiger partial charge in [-0.05, 0) is 45.4 Å². The van der Waals surface area contributed by atoms with Gasteiger partial charge in [-0.3, -0.25) is 15.5 Å². The van der Waals surface area contributed by atoms with Crippen LogP contribution in [0.5, 0.6) is 0 Å². The van der Waals surface area contributed by atoms with Gasteiger partial charge in [0.1, 0.15) is 12.3 Å². The lowest BCUT2D eigenvalue weighted by atomic mass is 9.78. The molecule has 1 aliphatic heterocycles. The molecule has 0 radical (unpaired) electrons. The van der Waals surface area contributed by atoms with Gasteiger partial charge in [0.15, 0.2) is 5.96 Å². The van der Waals surface area contributed by atoms with E-state index in [0.29, 0.717) is 25.9 Å². The summed E-state index contributed by atoms with van der Waals surface area (Å²) in [5.74, 6) is -2.14. The molecule has 32 heavy (non-hydrogen) atoms. The fourth-order valence-electron chi connectivity index (χ4n) is 4.77. The van der Waals surface area contributed by atoms with Crippen LogP contribution in [0.25, 0.3) is 0 Å². The number of rotatable bonds is 5. The number of guanidine groups is 1. The van der Waals surface area contributed by atoms with Gasteiger partial charge in [0.25, 0.3) is 0 Å². The van der Waals surface area contributed by atoms with Crippen molar-refractivity contribution >= 4 is 23.5 Å². The van der Waals surface area contributed by atoms with E-state index in [2.05, 4.69) is 26.5 Å². The van der Waals surface area contributed by atoms with E-state index >= 15 is 0 Å². The minimum absolute atomic E-state index is 0.0120. The molecule has 0 bridgehead atoms. The molecule has 184 valence electrons. The van der Waals surface area contributed by atoms with Crippen molar-refractivity contribution in [3.63, 3.8) is 0 Å². The van der Waals surface area contributed by atoms with E-state index < -0.39 is 35.7 Å². The normalized spacial score (nSPS) is 37.0. The fraction of sp³-hybridized carbons (Fsp3) is 0.900. The molecule has 8 atom stereocenters. The van der Waals surface area contributed by atoms with Gasteiger partial charge in [-0.2, -0.15) is 13.2 Å². The quantitative estimate of drug-likeness (QED) is 0.208. The Morgan fingerprint density at radius 1 is 1.22 bits per heavy atom. The molecule has 1 saturated heterocycles. The number of ether oxygens (including phenoxy) is 1. The molecule has 0 aromatic heterocycles. The zero-order chi connectivity index (χ0) is 23.5. The summed E-state index contributed by atoms with van der Waals surface area (Å²) in [4.78, 5) is 17.4. The number of carbonyl (C=O) groups excluding carboxylic acids is 1. The number of nitrogens with one attached hydrogen (secondary N) is 4. The van der Waals surface area contributed by atoms with Crippen molar-refractivity contribution in [1.82, 2.24) is 21.5 Å². The van der Waals surface area contributed by atoms with Crippen molar-refractivity contribution in [2.75, 3.05) is 13.7 Å². The Hall–Kier alpha value is -1.17. The molecule has 1 amide bonds. The second-order valence-corrected chi connectivity index (χ2v) is 9.63. The van der Waals surface area contributed by atoms with E-state index in [-0.39, 0.29) is 49.1 Å². The zero-order valence-corrected chi connectivity index (χ0v) is 19.0. The average molecular weight is 486 g/mol. The second-order valence-electron chi connectivity index (χ2n) is 9.07. The second kappa shape index (κ2) is 10.8. The highest BCUT2D eigenvalue weighted by Crippen LogP contribution is 2.42. The molecular formula is C20H32ClF4N5O2. The number of hydrogen-bond donors (Lipinski definition) is 4. The summed E-state index contributed by atoms with van der Waals surface area (Å²) < 4.78 is 58.5. The Balaban J connectivity index is 1.68. The summed E-state index contributed by atoms with van der Waals surface area (Å²) in [6.07, 6.45) is -4.61. The van der Waals surface area contributed by atoms with E-state index in [9.17, 15) is 22.4 Å². The van der Waals surface area contributed by atoms with Crippen molar-refractivity contribution in [2.45, 2.75) is 81.4 Å². The lowest BCUT2D eigenvalue weighted by molar-refractivity contribution is -0.185. The van der Waals surface area contributed by atoms with E-state index in [0.717, 1.165) is 0 Å². The van der Waals surface area contributed by atoms with E-state index in [1.54, 1.807) is 7.11 Å². The third kappa shape index (κ3) is 6.45. The maximum Gasteiger partial charge on any atom is 0.391 e. The minimum Gasteiger partial charge on any atom is -0.383 e. The van der Waals surface area contributed by atoms with Gasteiger partial charge in [0.05, 0.1) is 17.9 Å². The Kier molecular flexibility index (Phi) is 8.62. The van der Waals surface area contributed by atoms with Crippen LogP contribution in [0.1, 0.15) is 45.4 Å². The molecule has 3 aliphatic rings. The number of nitrogens with zero attached hydrogens (tertiary/aromatic N) is 1. The van der Waals surface area contributed by atoms with E-state index in [1.807, 2.05) is 6.92 Å². The van der Waals surface area contributed by atoms with Gasteiger partial charge in [0.2, 0.25) is 5.91 Å². The van der Waals surface area contributed by atoms with E-state index in [1.165, 1.54) is 0 Å². The predicted molar refractivity (Wildman–Crippen MR) is 113 cm³/mol. The van der Waals surface area contributed by atoms with Crippen LogP contribution >= 0.6 is 11.6 Å². The average Bonchev–Trinajstić information content (AvgIpc) is 3.11. The molecule has 0 aromatic carbocycles. The lowest BCUT2D eigenvalue weighted by Gasteiger charge is -2.33. The van der Waals surface area contributed by atoms with Gasteiger partial charge in [-0.15, -0.1) is 11.6 Å². The SMILES string of the molecule is COC[C@H](C)N/C(=N\C1NNC2CC(C(F)(F)F)CCC21)NC(=O)C1CCC(Cl)C(F)C1. The number of halogens is 5. The van der Waals surface area contributed by atoms with Crippen molar-refractivity contribution in [2.24, 2.45) is 22.7 Å². The molecule has 3 rings (SSSR count). The van der Waals surface area contributed by atoms with Crippen LogP contribution in [0.15, 0.2) is 4.99 Å². The van der Waals surface area contributed by atoms with Crippen LogP contribution < -0.4 is 21.5 Å². The number of alkyl halides is 5. The van der Waals surface area contributed by atoms with Gasteiger partial charge >= 0.3 is 6.18 Å². The molecule has 2 saturated carbocycles. The van der Waals surface area contributed by atoms with Gasteiger partial charge in [-0.1, -0.05) is 0 Å². The first-order valence-corrected chi connectivity index (χ1v) is 11.5. The molecule has 0 aromatic rings. The smallest absolute Gasteiger partial charge is 0.383 e. The highest BCUT2D eigenvalue weighted by Gasteiger charge is 2.48. The number of methoxy groups -OCH3 is 1. The minimum atomic E-state index is -4.21. The van der Waals surface area contributed by atoms with Crippen LogP contribution in [0, 0.1) is 17.8 Å². The summed E-state index contributed by atoms with van der Waals surface area (Å²) in [5, 5.41) is 5.26. The molecule has 2 aliphatic carbocycles.